The minimum Gasteiger partial charge on any atom is -0.326 e. The Bertz CT molecular complexity index is 538. The molecule has 1 aromatic rings. The zero-order valence-corrected chi connectivity index (χ0v) is 11.3. The molecule has 18 heavy (non-hydrogen) atoms. The predicted molar refractivity (Wildman–Crippen MR) is 65.5 cm³/mol. The van der Waals surface area contributed by atoms with Crippen molar-refractivity contribution in [3.63, 3.8) is 0 Å². The Labute approximate surface area is 113 Å². The molecule has 0 aliphatic rings. The first-order valence-corrected chi connectivity index (χ1v) is 6.98. The fourth-order valence-corrected chi connectivity index (χ4v) is 3.16. The van der Waals surface area contributed by atoms with Crippen LogP contribution in [0.5, 0.6) is 0 Å². The standard InChI is InChI=1S/C9H10Cl2F2N2O2S/c10-6-1-2-7(9(11)5(6)3-14)18(16,17)15-4-8(12)13/h1-2,8,15H,3-4,14H2. The minimum atomic E-state index is -4.11. The molecule has 0 aromatic heterocycles. The molecule has 0 aliphatic heterocycles. The summed E-state index contributed by atoms with van der Waals surface area (Å²) in [5.74, 6) is 0. The third kappa shape index (κ3) is 3.52. The van der Waals surface area contributed by atoms with E-state index in [1.807, 2.05) is 0 Å². The zero-order valence-electron chi connectivity index (χ0n) is 8.96. The van der Waals surface area contributed by atoms with Crippen LogP contribution in [0.15, 0.2) is 17.0 Å². The minimum absolute atomic E-state index is 0.0596. The Balaban J connectivity index is 3.17. The monoisotopic (exact) mass is 318 g/mol. The number of alkyl halides is 2. The molecule has 0 saturated heterocycles. The molecule has 0 fully saturated rings. The van der Waals surface area contributed by atoms with Gasteiger partial charge in [0.2, 0.25) is 10.0 Å². The van der Waals surface area contributed by atoms with Crippen LogP contribution in [0.25, 0.3) is 0 Å². The highest BCUT2D eigenvalue weighted by Gasteiger charge is 2.22. The van der Waals surface area contributed by atoms with E-state index in [2.05, 4.69) is 0 Å². The summed E-state index contributed by atoms with van der Waals surface area (Å²) in [5.41, 5.74) is 5.63. The number of sulfonamides is 1. The second kappa shape index (κ2) is 6.12. The van der Waals surface area contributed by atoms with E-state index in [-0.39, 0.29) is 27.0 Å². The van der Waals surface area contributed by atoms with E-state index >= 15 is 0 Å². The third-order valence-corrected chi connectivity index (χ3v) is 4.44. The maximum Gasteiger partial charge on any atom is 0.251 e. The molecule has 0 aliphatic carbocycles. The fraction of sp³-hybridized carbons (Fsp3) is 0.333. The molecule has 0 unspecified atom stereocenters. The van der Waals surface area contributed by atoms with Gasteiger partial charge in [-0.1, -0.05) is 23.2 Å². The van der Waals surface area contributed by atoms with Gasteiger partial charge in [0.05, 0.1) is 11.6 Å². The van der Waals surface area contributed by atoms with E-state index in [1.54, 1.807) is 4.72 Å². The molecule has 0 atom stereocenters. The van der Waals surface area contributed by atoms with Crippen LogP contribution in [0.3, 0.4) is 0 Å². The maximum absolute atomic E-state index is 12.0. The topological polar surface area (TPSA) is 72.2 Å². The predicted octanol–water partition coefficient (Wildman–Crippen LogP) is 2.00. The quantitative estimate of drug-likeness (QED) is 0.872. The average molecular weight is 319 g/mol. The van der Waals surface area contributed by atoms with Gasteiger partial charge in [0, 0.05) is 17.1 Å². The molecule has 0 spiro atoms. The summed E-state index contributed by atoms with van der Waals surface area (Å²) in [6.45, 7) is -1.05. The van der Waals surface area contributed by atoms with Gasteiger partial charge >= 0.3 is 0 Å². The van der Waals surface area contributed by atoms with Gasteiger partial charge in [-0.05, 0) is 12.1 Å². The highest BCUT2D eigenvalue weighted by Crippen LogP contribution is 2.30. The number of hydrogen-bond donors (Lipinski definition) is 2. The molecule has 0 saturated carbocycles. The van der Waals surface area contributed by atoms with Crippen molar-refractivity contribution in [2.75, 3.05) is 6.54 Å². The molecular formula is C9H10Cl2F2N2O2S. The first-order chi connectivity index (χ1) is 8.29. The Hall–Kier alpha value is -0.470. The normalized spacial score (nSPS) is 12.1. The molecule has 0 radical (unpaired) electrons. The van der Waals surface area contributed by atoms with Crippen LogP contribution < -0.4 is 10.5 Å². The highest BCUT2D eigenvalue weighted by molar-refractivity contribution is 7.89. The van der Waals surface area contributed by atoms with E-state index in [9.17, 15) is 17.2 Å². The van der Waals surface area contributed by atoms with E-state index in [4.69, 9.17) is 28.9 Å². The van der Waals surface area contributed by atoms with Crippen molar-refractivity contribution < 1.29 is 17.2 Å². The van der Waals surface area contributed by atoms with Crippen LogP contribution in [-0.4, -0.2) is 21.4 Å². The lowest BCUT2D eigenvalue weighted by Gasteiger charge is -2.11. The molecule has 0 bridgehead atoms. The van der Waals surface area contributed by atoms with E-state index in [0.29, 0.717) is 0 Å². The average Bonchev–Trinajstić information content (AvgIpc) is 2.27. The van der Waals surface area contributed by atoms with Crippen molar-refractivity contribution >= 4 is 33.2 Å². The Morgan fingerprint density at radius 1 is 1.33 bits per heavy atom. The zero-order chi connectivity index (χ0) is 13.9. The van der Waals surface area contributed by atoms with Crippen LogP contribution >= 0.6 is 23.2 Å². The first-order valence-electron chi connectivity index (χ1n) is 4.74. The molecule has 1 rings (SSSR count). The summed E-state index contributed by atoms with van der Waals surface area (Å²) in [5, 5.41) is 0.0575. The third-order valence-electron chi connectivity index (χ3n) is 2.07. The van der Waals surface area contributed by atoms with Gasteiger partial charge in [0.15, 0.2) is 0 Å². The molecule has 102 valence electrons. The molecule has 4 nitrogen and oxygen atoms in total. The fourth-order valence-electron chi connectivity index (χ4n) is 1.22. The highest BCUT2D eigenvalue weighted by atomic mass is 35.5. The number of nitrogens with one attached hydrogen (secondary N) is 1. The Morgan fingerprint density at radius 2 is 1.94 bits per heavy atom. The molecule has 9 heteroatoms. The Kier molecular flexibility index (Phi) is 5.30. The number of rotatable bonds is 5. The van der Waals surface area contributed by atoms with Gasteiger partial charge in [-0.15, -0.1) is 0 Å². The summed E-state index contributed by atoms with van der Waals surface area (Å²) in [6, 6.07) is 2.43. The van der Waals surface area contributed by atoms with Gasteiger partial charge in [0.25, 0.3) is 6.43 Å². The van der Waals surface area contributed by atoms with Gasteiger partial charge in [-0.3, -0.25) is 0 Å². The molecule has 0 amide bonds. The molecule has 0 heterocycles. The number of benzene rings is 1. The van der Waals surface area contributed by atoms with Crippen molar-refractivity contribution in [3.05, 3.63) is 27.7 Å². The summed E-state index contributed by atoms with van der Waals surface area (Å²) in [6.07, 6.45) is -2.79. The van der Waals surface area contributed by atoms with Crippen molar-refractivity contribution in [3.8, 4) is 0 Å². The summed E-state index contributed by atoms with van der Waals surface area (Å²) >= 11 is 11.6. The van der Waals surface area contributed by atoms with Crippen LogP contribution in [0.1, 0.15) is 5.56 Å². The van der Waals surface area contributed by atoms with Crippen LogP contribution in [0, 0.1) is 0 Å². The van der Waals surface area contributed by atoms with Crippen molar-refractivity contribution in [1.29, 1.82) is 0 Å². The second-order valence-electron chi connectivity index (χ2n) is 3.29. The lowest BCUT2D eigenvalue weighted by atomic mass is 10.2. The Morgan fingerprint density at radius 3 is 2.44 bits per heavy atom. The van der Waals surface area contributed by atoms with Crippen molar-refractivity contribution in [2.45, 2.75) is 17.9 Å². The van der Waals surface area contributed by atoms with Crippen LogP contribution in [0.2, 0.25) is 10.0 Å². The lowest BCUT2D eigenvalue weighted by Crippen LogP contribution is -2.29. The van der Waals surface area contributed by atoms with Crippen molar-refractivity contribution in [2.24, 2.45) is 5.73 Å². The summed E-state index contributed by atoms with van der Waals surface area (Å²) in [4.78, 5) is -0.324. The van der Waals surface area contributed by atoms with E-state index in [1.165, 1.54) is 6.07 Å². The van der Waals surface area contributed by atoms with Crippen molar-refractivity contribution in [1.82, 2.24) is 4.72 Å². The van der Waals surface area contributed by atoms with Gasteiger partial charge in [0.1, 0.15) is 4.90 Å². The lowest BCUT2D eigenvalue weighted by molar-refractivity contribution is 0.153. The SMILES string of the molecule is NCc1c(Cl)ccc(S(=O)(=O)NCC(F)F)c1Cl. The molecule has 3 N–H and O–H groups in total. The van der Waals surface area contributed by atoms with E-state index < -0.39 is 23.0 Å². The summed E-state index contributed by atoms with van der Waals surface area (Å²) in [7, 11) is -4.11. The van der Waals surface area contributed by atoms with Gasteiger partial charge in [-0.25, -0.2) is 21.9 Å². The number of halogens is 4. The van der Waals surface area contributed by atoms with Gasteiger partial charge in [-0.2, -0.15) is 0 Å². The number of nitrogens with two attached hydrogens (primary N) is 1. The largest absolute Gasteiger partial charge is 0.326 e. The maximum atomic E-state index is 12.0. The summed E-state index contributed by atoms with van der Waals surface area (Å²) < 4.78 is 49.2. The van der Waals surface area contributed by atoms with Crippen LogP contribution in [0.4, 0.5) is 8.78 Å². The van der Waals surface area contributed by atoms with Crippen LogP contribution in [-0.2, 0) is 16.6 Å². The smallest absolute Gasteiger partial charge is 0.251 e. The number of hydrogen-bond acceptors (Lipinski definition) is 3. The molecule has 1 aromatic carbocycles. The second-order valence-corrected chi connectivity index (χ2v) is 5.81. The van der Waals surface area contributed by atoms with Gasteiger partial charge < -0.3 is 5.73 Å². The molecular weight excluding hydrogens is 309 g/mol. The van der Waals surface area contributed by atoms with E-state index in [0.717, 1.165) is 6.07 Å². The first kappa shape index (κ1) is 15.6.